The fourth-order valence-electron chi connectivity index (χ4n) is 1.19. The Hall–Kier alpha value is -1.99. The van der Waals surface area contributed by atoms with Crippen molar-refractivity contribution in [3.8, 4) is 11.5 Å². The molecule has 8 heteroatoms. The summed E-state index contributed by atoms with van der Waals surface area (Å²) >= 11 is 0. The van der Waals surface area contributed by atoms with Crippen molar-refractivity contribution >= 4 is 0 Å². The van der Waals surface area contributed by atoms with Crippen LogP contribution in [0, 0.1) is 36.0 Å². The maximum Gasteiger partial charge on any atom is 0.264 e. The molecule has 0 atom stereocenters. The van der Waals surface area contributed by atoms with Crippen LogP contribution >= 0.6 is 0 Å². The van der Waals surface area contributed by atoms with Crippen molar-refractivity contribution in [1.82, 2.24) is 10.1 Å². The predicted molar refractivity (Wildman–Crippen MR) is 44.3 cm³/mol. The Balaban J connectivity index is 2.78. The molecule has 2 aromatic rings. The molecule has 0 unspecified atom stereocenters. The van der Waals surface area contributed by atoms with Crippen LogP contribution < -0.4 is 0 Å². The van der Waals surface area contributed by atoms with Crippen LogP contribution in [0.15, 0.2) is 4.52 Å². The van der Waals surface area contributed by atoms with Gasteiger partial charge in [-0.2, -0.15) is 4.98 Å². The third-order valence-corrected chi connectivity index (χ3v) is 1.95. The summed E-state index contributed by atoms with van der Waals surface area (Å²) < 4.78 is 69.3. The summed E-state index contributed by atoms with van der Waals surface area (Å²) in [5, 5.41) is 3.20. The van der Waals surface area contributed by atoms with Crippen molar-refractivity contribution in [2.24, 2.45) is 0 Å². The van der Waals surface area contributed by atoms with E-state index in [-0.39, 0.29) is 5.82 Å². The molecule has 0 saturated carbocycles. The van der Waals surface area contributed by atoms with E-state index < -0.39 is 40.5 Å². The molecule has 0 spiro atoms. The third-order valence-electron chi connectivity index (χ3n) is 1.95. The second-order valence-electron chi connectivity index (χ2n) is 3.09. The molecule has 90 valence electrons. The van der Waals surface area contributed by atoms with Gasteiger partial charge in [0.25, 0.3) is 5.89 Å². The maximum atomic E-state index is 13.2. The van der Waals surface area contributed by atoms with E-state index in [1.807, 2.05) is 0 Å². The van der Waals surface area contributed by atoms with Gasteiger partial charge in [-0.15, -0.1) is 0 Å². The molecule has 1 heterocycles. The lowest BCUT2D eigenvalue weighted by atomic mass is 10.1. The van der Waals surface area contributed by atoms with E-state index in [2.05, 4.69) is 14.7 Å². The molecule has 0 bridgehead atoms. The first-order valence-electron chi connectivity index (χ1n) is 4.25. The fraction of sp³-hybridized carbons (Fsp3) is 0.111. The zero-order valence-corrected chi connectivity index (χ0v) is 8.19. The predicted octanol–water partition coefficient (Wildman–Crippen LogP) is 2.74. The van der Waals surface area contributed by atoms with Crippen LogP contribution in [-0.2, 0) is 0 Å². The van der Waals surface area contributed by atoms with Gasteiger partial charge in [0.15, 0.2) is 29.1 Å². The number of hydrogen-bond donors (Lipinski definition) is 0. The molecule has 0 amide bonds. The molecule has 0 saturated heterocycles. The van der Waals surface area contributed by atoms with Crippen LogP contribution in [0.2, 0.25) is 0 Å². The van der Waals surface area contributed by atoms with Gasteiger partial charge in [-0.05, 0) is 6.92 Å². The lowest BCUT2D eigenvalue weighted by Crippen LogP contribution is -2.04. The standard InChI is InChI=1S/C9H3F5N2O/c1-2-15-9(17-16-2)3-4(10)6(12)8(14)7(13)5(3)11/h1H3. The average molecular weight is 250 g/mol. The summed E-state index contributed by atoms with van der Waals surface area (Å²) in [6.45, 7) is 1.33. The van der Waals surface area contributed by atoms with Gasteiger partial charge in [-0.25, -0.2) is 22.0 Å². The Labute approximate surface area is 90.9 Å². The van der Waals surface area contributed by atoms with E-state index in [4.69, 9.17) is 0 Å². The van der Waals surface area contributed by atoms with E-state index >= 15 is 0 Å². The molecule has 0 aliphatic rings. The number of rotatable bonds is 1. The number of nitrogens with zero attached hydrogens (tertiary/aromatic N) is 2. The van der Waals surface area contributed by atoms with Crippen molar-refractivity contribution in [3.63, 3.8) is 0 Å². The molecule has 2 rings (SSSR count). The molecule has 17 heavy (non-hydrogen) atoms. The van der Waals surface area contributed by atoms with E-state index in [1.165, 1.54) is 6.92 Å². The second kappa shape index (κ2) is 3.79. The number of aryl methyl sites for hydroxylation is 1. The minimum absolute atomic E-state index is 0.00365. The Morgan fingerprint density at radius 2 is 1.29 bits per heavy atom. The van der Waals surface area contributed by atoms with Crippen LogP contribution in [0.4, 0.5) is 22.0 Å². The normalized spacial score (nSPS) is 10.9. The SMILES string of the molecule is Cc1noc(-c2c(F)c(F)c(F)c(F)c2F)n1. The quantitative estimate of drug-likeness (QED) is 0.443. The van der Waals surface area contributed by atoms with Gasteiger partial charge >= 0.3 is 0 Å². The van der Waals surface area contributed by atoms with E-state index in [0.717, 1.165) is 0 Å². The van der Waals surface area contributed by atoms with E-state index in [9.17, 15) is 22.0 Å². The summed E-state index contributed by atoms with van der Waals surface area (Å²) in [5.74, 6) is -11.1. The summed E-state index contributed by atoms with van der Waals surface area (Å²) in [7, 11) is 0. The van der Waals surface area contributed by atoms with Crippen LogP contribution in [0.1, 0.15) is 5.82 Å². The Kier molecular flexibility index (Phi) is 2.56. The summed E-state index contributed by atoms with van der Waals surface area (Å²) in [6, 6.07) is 0. The minimum Gasteiger partial charge on any atom is -0.334 e. The van der Waals surface area contributed by atoms with Crippen molar-refractivity contribution in [2.75, 3.05) is 0 Å². The highest BCUT2D eigenvalue weighted by molar-refractivity contribution is 5.55. The molecule has 0 aliphatic carbocycles. The molecule has 0 N–H and O–H groups in total. The van der Waals surface area contributed by atoms with Gasteiger partial charge in [0.1, 0.15) is 5.56 Å². The van der Waals surface area contributed by atoms with Gasteiger partial charge in [0.05, 0.1) is 0 Å². The van der Waals surface area contributed by atoms with E-state index in [1.54, 1.807) is 0 Å². The number of benzene rings is 1. The zero-order chi connectivity index (χ0) is 12.7. The number of aromatic nitrogens is 2. The van der Waals surface area contributed by atoms with Crippen molar-refractivity contribution in [3.05, 3.63) is 34.9 Å². The molecule has 0 aliphatic heterocycles. The van der Waals surface area contributed by atoms with Gasteiger partial charge in [-0.3, -0.25) is 0 Å². The van der Waals surface area contributed by atoms with Gasteiger partial charge in [-0.1, -0.05) is 5.16 Å². The number of halogens is 5. The highest BCUT2D eigenvalue weighted by Gasteiger charge is 2.29. The zero-order valence-electron chi connectivity index (χ0n) is 8.19. The van der Waals surface area contributed by atoms with Gasteiger partial charge < -0.3 is 4.52 Å². The smallest absolute Gasteiger partial charge is 0.264 e. The van der Waals surface area contributed by atoms with Gasteiger partial charge in [0.2, 0.25) is 5.82 Å². The van der Waals surface area contributed by atoms with Crippen LogP contribution in [0.25, 0.3) is 11.5 Å². The Morgan fingerprint density at radius 3 is 1.71 bits per heavy atom. The van der Waals surface area contributed by atoms with Crippen LogP contribution in [0.5, 0.6) is 0 Å². The molecular formula is C9H3F5N2O. The lowest BCUT2D eigenvalue weighted by molar-refractivity contribution is 0.372. The molecule has 0 fully saturated rings. The Bertz CT molecular complexity index is 566. The molecule has 1 aromatic heterocycles. The fourth-order valence-corrected chi connectivity index (χ4v) is 1.19. The summed E-state index contributed by atoms with van der Waals surface area (Å²) in [4.78, 5) is 3.40. The highest BCUT2D eigenvalue weighted by atomic mass is 19.2. The second-order valence-corrected chi connectivity index (χ2v) is 3.09. The first-order chi connectivity index (χ1) is 7.93. The van der Waals surface area contributed by atoms with Gasteiger partial charge in [0, 0.05) is 0 Å². The monoisotopic (exact) mass is 250 g/mol. The Morgan fingerprint density at radius 1 is 0.824 bits per heavy atom. The van der Waals surface area contributed by atoms with Crippen LogP contribution in [-0.4, -0.2) is 10.1 Å². The molecule has 3 nitrogen and oxygen atoms in total. The summed E-state index contributed by atoms with van der Waals surface area (Å²) in [6.07, 6.45) is 0. The largest absolute Gasteiger partial charge is 0.334 e. The lowest BCUT2D eigenvalue weighted by Gasteiger charge is -2.03. The maximum absolute atomic E-state index is 13.2. The minimum atomic E-state index is -2.24. The van der Waals surface area contributed by atoms with Crippen molar-refractivity contribution < 1.29 is 26.5 Å². The molecule has 1 aromatic carbocycles. The van der Waals surface area contributed by atoms with Crippen molar-refractivity contribution in [1.29, 1.82) is 0 Å². The van der Waals surface area contributed by atoms with Crippen molar-refractivity contribution in [2.45, 2.75) is 6.92 Å². The topological polar surface area (TPSA) is 38.9 Å². The summed E-state index contributed by atoms with van der Waals surface area (Å²) in [5.41, 5.74) is -1.23. The first-order valence-corrected chi connectivity index (χ1v) is 4.25. The average Bonchev–Trinajstić information content (AvgIpc) is 2.71. The number of hydrogen-bond acceptors (Lipinski definition) is 3. The van der Waals surface area contributed by atoms with Crippen LogP contribution in [0.3, 0.4) is 0 Å². The highest BCUT2D eigenvalue weighted by Crippen LogP contribution is 2.30. The van der Waals surface area contributed by atoms with E-state index in [0.29, 0.717) is 0 Å². The molecule has 0 radical (unpaired) electrons. The first kappa shape index (κ1) is 11.5. The third kappa shape index (κ3) is 1.65. The molecular weight excluding hydrogens is 247 g/mol.